The number of carboxylic acids is 1. The number of rotatable bonds is 4. The Morgan fingerprint density at radius 3 is 2.22 bits per heavy atom. The Hall–Kier alpha value is -1.98. The van der Waals surface area contributed by atoms with Gasteiger partial charge in [0.25, 0.3) is 0 Å². The number of carboxylic acid groups (broad SMARTS) is 1. The van der Waals surface area contributed by atoms with Crippen molar-refractivity contribution in [3.63, 3.8) is 0 Å². The first-order valence-electron chi connectivity index (χ1n) is 5.24. The molecule has 1 aliphatic carbocycles. The Balaban J connectivity index is 2.23. The number of halogens is 2. The molecule has 0 aromatic heterocycles. The van der Waals surface area contributed by atoms with Crippen molar-refractivity contribution in [3.8, 4) is 5.75 Å². The third kappa shape index (κ3) is 2.05. The van der Waals surface area contributed by atoms with Crippen molar-refractivity contribution in [2.45, 2.75) is 24.9 Å². The number of aliphatic carboxylic acids is 1. The van der Waals surface area contributed by atoms with E-state index in [1.165, 1.54) is 24.3 Å². The smallest absolute Gasteiger partial charge is 0.387 e. The molecule has 0 unspecified atom stereocenters. The second kappa shape index (κ2) is 4.36. The van der Waals surface area contributed by atoms with Gasteiger partial charge in [-0.1, -0.05) is 12.1 Å². The molecule has 0 heterocycles. The van der Waals surface area contributed by atoms with E-state index < -0.39 is 18.0 Å². The number of carbonyl (C=O) groups is 2. The molecule has 6 heteroatoms. The van der Waals surface area contributed by atoms with Crippen LogP contribution in [-0.4, -0.2) is 23.5 Å². The van der Waals surface area contributed by atoms with Crippen molar-refractivity contribution in [2.24, 2.45) is 0 Å². The first kappa shape index (κ1) is 12.5. The third-order valence-electron chi connectivity index (χ3n) is 3.04. The molecule has 1 aromatic rings. The highest BCUT2D eigenvalue weighted by atomic mass is 19.3. The molecule has 0 atom stereocenters. The predicted octanol–water partition coefficient (Wildman–Crippen LogP) is 1.97. The minimum Gasteiger partial charge on any atom is -0.481 e. The first-order chi connectivity index (χ1) is 8.44. The maximum Gasteiger partial charge on any atom is 0.387 e. The summed E-state index contributed by atoms with van der Waals surface area (Å²) in [5, 5.41) is 9.17. The molecule has 0 amide bonds. The van der Waals surface area contributed by atoms with E-state index >= 15 is 0 Å². The fourth-order valence-corrected chi connectivity index (χ4v) is 2.06. The van der Waals surface area contributed by atoms with Crippen LogP contribution in [0.3, 0.4) is 0 Å². The van der Waals surface area contributed by atoms with Gasteiger partial charge in [-0.3, -0.25) is 9.59 Å². The normalized spacial score (nSPS) is 17.4. The average Bonchev–Trinajstić information content (AvgIpc) is 2.24. The molecule has 0 spiro atoms. The molecule has 1 fully saturated rings. The highest BCUT2D eigenvalue weighted by Crippen LogP contribution is 2.42. The number of ketones is 1. The summed E-state index contributed by atoms with van der Waals surface area (Å²) in [7, 11) is 0. The van der Waals surface area contributed by atoms with Crippen LogP contribution in [0.25, 0.3) is 0 Å². The van der Waals surface area contributed by atoms with Gasteiger partial charge in [-0.15, -0.1) is 0 Å². The summed E-state index contributed by atoms with van der Waals surface area (Å²) >= 11 is 0. The summed E-state index contributed by atoms with van der Waals surface area (Å²) in [5.74, 6) is -1.24. The van der Waals surface area contributed by atoms with Crippen LogP contribution in [0.2, 0.25) is 0 Å². The maximum atomic E-state index is 12.0. The molecule has 0 radical (unpaired) electrons. The monoisotopic (exact) mass is 256 g/mol. The van der Waals surface area contributed by atoms with Crippen molar-refractivity contribution < 1.29 is 28.2 Å². The third-order valence-corrected chi connectivity index (χ3v) is 3.04. The van der Waals surface area contributed by atoms with Gasteiger partial charge < -0.3 is 9.84 Å². The molecular formula is C12H10F2O4. The number of hydrogen-bond acceptors (Lipinski definition) is 3. The van der Waals surface area contributed by atoms with Crippen LogP contribution in [0.5, 0.6) is 5.75 Å². The molecule has 4 nitrogen and oxygen atoms in total. The summed E-state index contributed by atoms with van der Waals surface area (Å²) in [6, 6.07) is 5.35. The number of benzene rings is 1. The van der Waals surface area contributed by atoms with Crippen LogP contribution >= 0.6 is 0 Å². The standard InChI is InChI=1S/C12H10F2O4/c13-11(14)18-9-3-1-7(2-4-9)12(10(16)17)5-8(15)6-12/h1-4,11H,5-6H2,(H,16,17). The highest BCUT2D eigenvalue weighted by molar-refractivity contribution is 6.01. The van der Waals surface area contributed by atoms with Gasteiger partial charge in [0.2, 0.25) is 0 Å². The van der Waals surface area contributed by atoms with E-state index in [1.807, 2.05) is 0 Å². The Morgan fingerprint density at radius 2 is 1.83 bits per heavy atom. The summed E-state index contributed by atoms with van der Waals surface area (Å²) in [6.45, 7) is -2.92. The summed E-state index contributed by atoms with van der Waals surface area (Å²) in [4.78, 5) is 22.2. The number of alkyl halides is 2. The lowest BCUT2D eigenvalue weighted by atomic mass is 9.63. The van der Waals surface area contributed by atoms with E-state index in [2.05, 4.69) is 4.74 Å². The van der Waals surface area contributed by atoms with Crippen LogP contribution in [0, 0.1) is 0 Å². The van der Waals surface area contributed by atoms with E-state index in [9.17, 15) is 18.4 Å². The molecule has 18 heavy (non-hydrogen) atoms. The van der Waals surface area contributed by atoms with Crippen molar-refractivity contribution >= 4 is 11.8 Å². The second-order valence-electron chi connectivity index (χ2n) is 4.18. The quantitative estimate of drug-likeness (QED) is 0.894. The molecule has 1 aliphatic rings. The van der Waals surface area contributed by atoms with E-state index in [1.54, 1.807) is 0 Å². The number of ether oxygens (including phenoxy) is 1. The maximum absolute atomic E-state index is 12.0. The first-order valence-corrected chi connectivity index (χ1v) is 5.24. The van der Waals surface area contributed by atoms with E-state index in [-0.39, 0.29) is 24.4 Å². The Morgan fingerprint density at radius 1 is 1.28 bits per heavy atom. The Bertz CT molecular complexity index is 473. The zero-order valence-electron chi connectivity index (χ0n) is 9.23. The van der Waals surface area contributed by atoms with E-state index in [0.29, 0.717) is 5.56 Å². The van der Waals surface area contributed by atoms with Gasteiger partial charge in [-0.05, 0) is 17.7 Å². The average molecular weight is 256 g/mol. The van der Waals surface area contributed by atoms with Gasteiger partial charge in [-0.25, -0.2) is 0 Å². The molecule has 1 aromatic carbocycles. The van der Waals surface area contributed by atoms with Gasteiger partial charge >= 0.3 is 12.6 Å². The fourth-order valence-electron chi connectivity index (χ4n) is 2.06. The molecule has 1 N–H and O–H groups in total. The van der Waals surface area contributed by atoms with Crippen molar-refractivity contribution in [2.75, 3.05) is 0 Å². The van der Waals surface area contributed by atoms with Gasteiger partial charge in [0.05, 0.1) is 0 Å². The lowest BCUT2D eigenvalue weighted by Crippen LogP contribution is -2.48. The minimum absolute atomic E-state index is 0.0417. The van der Waals surface area contributed by atoms with Crippen LogP contribution in [-0.2, 0) is 15.0 Å². The van der Waals surface area contributed by atoms with Crippen molar-refractivity contribution in [1.82, 2.24) is 0 Å². The second-order valence-corrected chi connectivity index (χ2v) is 4.18. The van der Waals surface area contributed by atoms with Gasteiger partial charge in [0, 0.05) is 12.8 Å². The summed E-state index contributed by atoms with van der Waals surface area (Å²) < 4.78 is 28.1. The number of Topliss-reactive ketones (excluding diaryl/α,β-unsaturated/α-hetero) is 1. The minimum atomic E-state index is -2.92. The van der Waals surface area contributed by atoms with E-state index in [0.717, 1.165) is 0 Å². The fraction of sp³-hybridized carbons (Fsp3) is 0.333. The highest BCUT2D eigenvalue weighted by Gasteiger charge is 2.51. The largest absolute Gasteiger partial charge is 0.481 e. The zero-order chi connectivity index (χ0) is 13.3. The Labute approximate surface area is 101 Å². The van der Waals surface area contributed by atoms with Crippen LogP contribution in [0.15, 0.2) is 24.3 Å². The Kier molecular flexibility index (Phi) is 3.02. The molecule has 0 aliphatic heterocycles. The molecule has 1 saturated carbocycles. The van der Waals surface area contributed by atoms with Gasteiger partial charge in [-0.2, -0.15) is 8.78 Å². The van der Waals surface area contributed by atoms with Crippen molar-refractivity contribution in [3.05, 3.63) is 29.8 Å². The van der Waals surface area contributed by atoms with Gasteiger partial charge in [0.1, 0.15) is 16.9 Å². The lowest BCUT2D eigenvalue weighted by molar-refractivity contribution is -0.153. The van der Waals surface area contributed by atoms with Gasteiger partial charge in [0.15, 0.2) is 0 Å². The molecular weight excluding hydrogens is 246 g/mol. The SMILES string of the molecule is O=C1CC(C(=O)O)(c2ccc(OC(F)F)cc2)C1. The predicted molar refractivity (Wildman–Crippen MR) is 56.6 cm³/mol. The van der Waals surface area contributed by atoms with Crippen LogP contribution in [0.1, 0.15) is 18.4 Å². The molecule has 96 valence electrons. The lowest BCUT2D eigenvalue weighted by Gasteiger charge is -2.36. The molecule has 0 bridgehead atoms. The van der Waals surface area contributed by atoms with Crippen LogP contribution < -0.4 is 4.74 Å². The summed E-state index contributed by atoms with van der Waals surface area (Å²) in [5.41, 5.74) is -0.781. The van der Waals surface area contributed by atoms with Crippen LogP contribution in [0.4, 0.5) is 8.78 Å². The zero-order valence-corrected chi connectivity index (χ0v) is 9.23. The topological polar surface area (TPSA) is 63.6 Å². The van der Waals surface area contributed by atoms with Crippen molar-refractivity contribution in [1.29, 1.82) is 0 Å². The number of carbonyl (C=O) groups excluding carboxylic acids is 1. The van der Waals surface area contributed by atoms with E-state index in [4.69, 9.17) is 5.11 Å². The summed E-state index contributed by atoms with van der Waals surface area (Å²) in [6.07, 6.45) is -0.116. The molecule has 2 rings (SSSR count). The molecule has 0 saturated heterocycles. The number of hydrogen-bond donors (Lipinski definition) is 1.